The molecule has 1 atom stereocenters. The highest BCUT2D eigenvalue weighted by atomic mass is 16.4. The number of nitrogens with zero attached hydrogens (tertiary/aromatic N) is 2. The van der Waals surface area contributed by atoms with E-state index < -0.39 is 12.0 Å². The van der Waals surface area contributed by atoms with E-state index >= 15 is 0 Å². The van der Waals surface area contributed by atoms with Gasteiger partial charge in [0.25, 0.3) is 5.56 Å². The van der Waals surface area contributed by atoms with Crippen LogP contribution >= 0.6 is 0 Å². The van der Waals surface area contributed by atoms with Crippen LogP contribution in [-0.4, -0.2) is 37.6 Å². The van der Waals surface area contributed by atoms with Crippen LogP contribution in [0.25, 0.3) is 21.8 Å². The van der Waals surface area contributed by atoms with Crippen molar-refractivity contribution >= 4 is 33.7 Å². The Morgan fingerprint density at radius 2 is 1.84 bits per heavy atom. The summed E-state index contributed by atoms with van der Waals surface area (Å²) >= 11 is 0. The van der Waals surface area contributed by atoms with Gasteiger partial charge in [0.15, 0.2) is 0 Å². The Labute approximate surface area is 177 Å². The van der Waals surface area contributed by atoms with Gasteiger partial charge in [0, 0.05) is 36.5 Å². The molecular formula is C23H22N4O4. The maximum Gasteiger partial charge on any atom is 0.326 e. The molecule has 31 heavy (non-hydrogen) atoms. The fourth-order valence-electron chi connectivity index (χ4n) is 3.66. The fourth-order valence-corrected chi connectivity index (χ4v) is 3.66. The zero-order valence-electron chi connectivity index (χ0n) is 16.7. The van der Waals surface area contributed by atoms with Crippen LogP contribution in [0.2, 0.25) is 0 Å². The Morgan fingerprint density at radius 3 is 2.65 bits per heavy atom. The summed E-state index contributed by atoms with van der Waals surface area (Å²) in [6.07, 6.45) is 3.92. The third kappa shape index (κ3) is 4.48. The monoisotopic (exact) mass is 418 g/mol. The van der Waals surface area contributed by atoms with Gasteiger partial charge in [0.2, 0.25) is 5.91 Å². The summed E-state index contributed by atoms with van der Waals surface area (Å²) in [4.78, 5) is 43.9. The Morgan fingerprint density at radius 1 is 1.10 bits per heavy atom. The number of carbonyl (C=O) groups is 2. The molecule has 4 aromatic rings. The Balaban J connectivity index is 1.36. The molecule has 2 aromatic carbocycles. The van der Waals surface area contributed by atoms with E-state index in [9.17, 15) is 19.5 Å². The second-order valence-corrected chi connectivity index (χ2v) is 7.39. The van der Waals surface area contributed by atoms with Crippen molar-refractivity contribution in [3.05, 3.63) is 77.0 Å². The molecule has 4 rings (SSSR count). The lowest BCUT2D eigenvalue weighted by Crippen LogP contribution is -2.42. The first-order chi connectivity index (χ1) is 15.0. The van der Waals surface area contributed by atoms with E-state index in [0.717, 1.165) is 16.5 Å². The molecule has 0 unspecified atom stereocenters. The van der Waals surface area contributed by atoms with Gasteiger partial charge in [-0.05, 0) is 30.2 Å². The van der Waals surface area contributed by atoms with Crippen LogP contribution in [0.4, 0.5) is 0 Å². The third-order valence-electron chi connectivity index (χ3n) is 5.27. The number of nitrogens with one attached hydrogen (secondary N) is 2. The van der Waals surface area contributed by atoms with Crippen molar-refractivity contribution in [2.24, 2.45) is 0 Å². The summed E-state index contributed by atoms with van der Waals surface area (Å²) in [5.41, 5.74) is 2.22. The minimum absolute atomic E-state index is 0.108. The van der Waals surface area contributed by atoms with Crippen LogP contribution in [0, 0.1) is 0 Å². The zero-order chi connectivity index (χ0) is 21.8. The molecule has 0 bridgehead atoms. The van der Waals surface area contributed by atoms with Crippen LogP contribution < -0.4 is 10.9 Å². The van der Waals surface area contributed by atoms with Crippen LogP contribution in [0.5, 0.6) is 0 Å². The van der Waals surface area contributed by atoms with Crippen LogP contribution in [0.1, 0.15) is 18.4 Å². The Hall–Kier alpha value is -3.94. The third-order valence-corrected chi connectivity index (χ3v) is 5.27. The summed E-state index contributed by atoms with van der Waals surface area (Å²) in [5.74, 6) is -1.46. The smallest absolute Gasteiger partial charge is 0.326 e. The largest absolute Gasteiger partial charge is 0.480 e. The zero-order valence-corrected chi connectivity index (χ0v) is 16.7. The molecule has 0 radical (unpaired) electrons. The molecule has 8 nitrogen and oxygen atoms in total. The number of aliphatic carboxylic acids is 1. The highest BCUT2D eigenvalue weighted by molar-refractivity contribution is 5.86. The predicted molar refractivity (Wildman–Crippen MR) is 117 cm³/mol. The molecule has 1 amide bonds. The molecule has 8 heteroatoms. The van der Waals surface area contributed by atoms with E-state index in [4.69, 9.17) is 0 Å². The Kier molecular flexibility index (Phi) is 5.79. The van der Waals surface area contributed by atoms with Gasteiger partial charge in [-0.2, -0.15) is 0 Å². The molecule has 2 aromatic heterocycles. The molecule has 0 saturated carbocycles. The van der Waals surface area contributed by atoms with Gasteiger partial charge >= 0.3 is 5.97 Å². The maximum absolute atomic E-state index is 12.5. The summed E-state index contributed by atoms with van der Waals surface area (Å²) in [5, 5.41) is 13.6. The molecule has 0 spiro atoms. The lowest BCUT2D eigenvalue weighted by atomic mass is 10.0. The van der Waals surface area contributed by atoms with Gasteiger partial charge in [-0.3, -0.25) is 14.2 Å². The predicted octanol–water partition coefficient (Wildman–Crippen LogP) is 2.47. The molecule has 0 aliphatic heterocycles. The number of rotatable bonds is 8. The van der Waals surface area contributed by atoms with E-state index in [2.05, 4.69) is 15.3 Å². The van der Waals surface area contributed by atoms with Crippen molar-refractivity contribution in [2.45, 2.75) is 31.8 Å². The van der Waals surface area contributed by atoms with Gasteiger partial charge in [0.1, 0.15) is 6.04 Å². The van der Waals surface area contributed by atoms with E-state index in [-0.39, 0.29) is 24.3 Å². The molecular weight excluding hydrogens is 396 g/mol. The lowest BCUT2D eigenvalue weighted by molar-refractivity contribution is -0.141. The van der Waals surface area contributed by atoms with Gasteiger partial charge in [-0.15, -0.1) is 0 Å². The first kappa shape index (κ1) is 20.3. The lowest BCUT2D eigenvalue weighted by Gasteiger charge is -2.14. The summed E-state index contributed by atoms with van der Waals surface area (Å²) in [6.45, 7) is 0.324. The molecule has 0 saturated heterocycles. The number of aromatic nitrogens is 3. The minimum atomic E-state index is -1.09. The average Bonchev–Trinajstić information content (AvgIpc) is 3.18. The summed E-state index contributed by atoms with van der Waals surface area (Å²) in [7, 11) is 0. The number of carboxylic acid groups (broad SMARTS) is 1. The molecule has 2 heterocycles. The second kappa shape index (κ2) is 8.83. The summed E-state index contributed by atoms with van der Waals surface area (Å²) in [6, 6.07) is 13.7. The van der Waals surface area contributed by atoms with Crippen LogP contribution in [0.15, 0.2) is 65.8 Å². The van der Waals surface area contributed by atoms with Gasteiger partial charge < -0.3 is 15.4 Å². The van der Waals surface area contributed by atoms with Gasteiger partial charge in [0.05, 0.1) is 17.2 Å². The summed E-state index contributed by atoms with van der Waals surface area (Å²) < 4.78 is 1.47. The number of carboxylic acids is 1. The normalized spacial score (nSPS) is 12.1. The van der Waals surface area contributed by atoms with Crippen molar-refractivity contribution < 1.29 is 14.7 Å². The van der Waals surface area contributed by atoms with Crippen LogP contribution in [0.3, 0.4) is 0 Å². The van der Waals surface area contributed by atoms with Crippen LogP contribution in [-0.2, 0) is 22.6 Å². The SMILES string of the molecule is O=C(CCCn1cnc2ccccc2c1=O)N[C@H](Cc1c[nH]c2ccccc12)C(=O)O. The maximum atomic E-state index is 12.5. The average molecular weight is 418 g/mol. The number of fused-ring (bicyclic) bond motifs is 2. The number of aromatic amines is 1. The van der Waals surface area contributed by atoms with Crippen molar-refractivity contribution in [1.29, 1.82) is 0 Å². The number of hydrogen-bond acceptors (Lipinski definition) is 4. The molecule has 0 aliphatic rings. The number of benzene rings is 2. The molecule has 158 valence electrons. The number of carbonyl (C=O) groups excluding carboxylic acids is 1. The van der Waals surface area contributed by atoms with Crippen molar-refractivity contribution in [3.8, 4) is 0 Å². The first-order valence-electron chi connectivity index (χ1n) is 10.0. The highest BCUT2D eigenvalue weighted by Crippen LogP contribution is 2.19. The standard InChI is InChI=1S/C23H22N4O4/c28-21(10-5-11-27-14-25-19-9-4-2-7-17(19)22(27)29)26-20(23(30)31)12-15-13-24-18-8-3-1-6-16(15)18/h1-4,6-9,13-14,20,24H,5,10-12H2,(H,26,28)(H,30,31)/t20-/m1/s1. The second-order valence-electron chi connectivity index (χ2n) is 7.39. The number of para-hydroxylation sites is 2. The number of H-pyrrole nitrogens is 1. The topological polar surface area (TPSA) is 117 Å². The van der Waals surface area contributed by atoms with E-state index in [1.165, 1.54) is 10.9 Å². The molecule has 0 aliphatic carbocycles. The minimum Gasteiger partial charge on any atom is -0.480 e. The molecule has 0 fully saturated rings. The van der Waals surface area contributed by atoms with E-state index in [1.54, 1.807) is 24.4 Å². The Bertz CT molecular complexity index is 1310. The van der Waals surface area contributed by atoms with Crippen molar-refractivity contribution in [1.82, 2.24) is 19.9 Å². The number of aryl methyl sites for hydroxylation is 1. The quantitative estimate of drug-likeness (QED) is 0.406. The number of hydrogen-bond donors (Lipinski definition) is 3. The van der Waals surface area contributed by atoms with E-state index in [1.807, 2.05) is 30.3 Å². The van der Waals surface area contributed by atoms with Gasteiger partial charge in [-0.25, -0.2) is 9.78 Å². The number of amides is 1. The van der Waals surface area contributed by atoms with Crippen molar-refractivity contribution in [3.63, 3.8) is 0 Å². The first-order valence-corrected chi connectivity index (χ1v) is 10.0. The highest BCUT2D eigenvalue weighted by Gasteiger charge is 2.21. The fraction of sp³-hybridized carbons (Fsp3) is 0.217. The molecule has 3 N–H and O–H groups in total. The van der Waals surface area contributed by atoms with E-state index in [0.29, 0.717) is 23.9 Å². The van der Waals surface area contributed by atoms with Gasteiger partial charge in [-0.1, -0.05) is 30.3 Å². The van der Waals surface area contributed by atoms with Crippen molar-refractivity contribution in [2.75, 3.05) is 0 Å².